The van der Waals surface area contributed by atoms with Crippen LogP contribution in [0, 0.1) is 0 Å². The minimum Gasteiger partial charge on any atom is -0.478 e. The van der Waals surface area contributed by atoms with Gasteiger partial charge in [0.15, 0.2) is 0 Å². The molecule has 31 heavy (non-hydrogen) atoms. The van der Waals surface area contributed by atoms with E-state index in [4.69, 9.17) is 9.47 Å². The van der Waals surface area contributed by atoms with Crippen LogP contribution in [0.1, 0.15) is 44.7 Å². The number of benzene rings is 1. The van der Waals surface area contributed by atoms with Crippen molar-refractivity contribution in [2.45, 2.75) is 57.5 Å². The number of aliphatic carboxylic acids is 1. The van der Waals surface area contributed by atoms with Crippen molar-refractivity contribution in [3.8, 4) is 5.75 Å². The molecule has 7 nitrogen and oxygen atoms in total. The third-order valence-corrected chi connectivity index (χ3v) is 5.13. The maximum absolute atomic E-state index is 13.4. The molecule has 0 aromatic heterocycles. The summed E-state index contributed by atoms with van der Waals surface area (Å²) in [5, 5.41) is 9.27. The van der Waals surface area contributed by atoms with Gasteiger partial charge >= 0.3 is 18.2 Å². The molecule has 0 atom stereocenters. The number of halogens is 3. The zero-order valence-electron chi connectivity index (χ0n) is 17.8. The topological polar surface area (TPSA) is 79.3 Å². The van der Waals surface area contributed by atoms with Crippen LogP contribution in [0.2, 0.25) is 0 Å². The van der Waals surface area contributed by atoms with Crippen LogP contribution >= 0.6 is 0 Å². The number of carbonyl (C=O) groups excluding carboxylic acids is 1. The highest BCUT2D eigenvalue weighted by atomic mass is 19.4. The van der Waals surface area contributed by atoms with Gasteiger partial charge in [-0.15, -0.1) is 0 Å². The first kappa shape index (κ1) is 23.2. The molecule has 1 N–H and O–H groups in total. The summed E-state index contributed by atoms with van der Waals surface area (Å²) in [6, 6.07) is 3.35. The zero-order chi connectivity index (χ0) is 23.0. The van der Waals surface area contributed by atoms with Crippen molar-refractivity contribution < 1.29 is 37.3 Å². The Morgan fingerprint density at radius 2 is 1.68 bits per heavy atom. The van der Waals surface area contributed by atoms with E-state index in [0.717, 1.165) is 12.1 Å². The van der Waals surface area contributed by atoms with E-state index < -0.39 is 35.0 Å². The molecule has 0 unspecified atom stereocenters. The van der Waals surface area contributed by atoms with Gasteiger partial charge in [-0.25, -0.2) is 9.59 Å². The smallest absolute Gasteiger partial charge is 0.416 e. The maximum atomic E-state index is 13.4. The highest BCUT2D eigenvalue weighted by Gasteiger charge is 2.53. The number of carbonyl (C=O) groups is 2. The van der Waals surface area contributed by atoms with Gasteiger partial charge < -0.3 is 19.5 Å². The van der Waals surface area contributed by atoms with Gasteiger partial charge in [0, 0.05) is 45.6 Å². The number of ether oxygens (including phenoxy) is 2. The van der Waals surface area contributed by atoms with Gasteiger partial charge in [0.2, 0.25) is 5.60 Å². The van der Waals surface area contributed by atoms with Crippen LogP contribution in [0.5, 0.6) is 5.75 Å². The predicted octanol–water partition coefficient (Wildman–Crippen LogP) is 3.75. The van der Waals surface area contributed by atoms with Crippen molar-refractivity contribution in [2.24, 2.45) is 0 Å². The third-order valence-electron chi connectivity index (χ3n) is 5.13. The second-order valence-electron chi connectivity index (χ2n) is 9.01. The van der Waals surface area contributed by atoms with Crippen LogP contribution in [-0.4, -0.2) is 64.4 Å². The van der Waals surface area contributed by atoms with E-state index in [9.17, 15) is 27.9 Å². The third kappa shape index (κ3) is 6.03. The Bertz CT molecular complexity index is 838. The Labute approximate surface area is 178 Å². The normalized spacial score (nSPS) is 19.1. The predicted molar refractivity (Wildman–Crippen MR) is 105 cm³/mol. The fourth-order valence-corrected chi connectivity index (χ4v) is 3.35. The fraction of sp³-hybridized carbons (Fsp3) is 0.619. The minimum atomic E-state index is -4.58. The number of hydrogen-bond acceptors (Lipinski definition) is 5. The lowest BCUT2D eigenvalue weighted by Gasteiger charge is -2.35. The quantitative estimate of drug-likeness (QED) is 0.745. The van der Waals surface area contributed by atoms with E-state index >= 15 is 0 Å². The molecule has 1 heterocycles. The largest absolute Gasteiger partial charge is 0.478 e. The molecule has 1 amide bonds. The summed E-state index contributed by atoms with van der Waals surface area (Å²) in [5.41, 5.74) is -2.54. The number of rotatable bonds is 5. The van der Waals surface area contributed by atoms with Crippen LogP contribution in [0.15, 0.2) is 18.2 Å². The molecule has 3 rings (SSSR count). The molecule has 2 aliphatic rings. The summed E-state index contributed by atoms with van der Waals surface area (Å²) in [5.74, 6) is -1.28. The number of alkyl halides is 3. The van der Waals surface area contributed by atoms with Gasteiger partial charge in [-0.2, -0.15) is 13.2 Å². The Hall–Kier alpha value is -2.49. The van der Waals surface area contributed by atoms with E-state index in [-0.39, 0.29) is 25.1 Å². The van der Waals surface area contributed by atoms with E-state index in [1.807, 2.05) is 4.90 Å². The number of nitrogens with zero attached hydrogens (tertiary/aromatic N) is 2. The van der Waals surface area contributed by atoms with Gasteiger partial charge in [0.05, 0.1) is 5.56 Å². The molecule has 2 fully saturated rings. The summed E-state index contributed by atoms with van der Waals surface area (Å²) in [6.07, 6.45) is -4.46. The molecule has 172 valence electrons. The van der Waals surface area contributed by atoms with Gasteiger partial charge in [-0.1, -0.05) is 0 Å². The molecule has 0 bridgehead atoms. The Kier molecular flexibility index (Phi) is 6.14. The van der Waals surface area contributed by atoms with E-state index in [2.05, 4.69) is 0 Å². The van der Waals surface area contributed by atoms with E-state index in [1.165, 1.54) is 6.07 Å². The monoisotopic (exact) mass is 444 g/mol. The number of carboxylic acid groups (broad SMARTS) is 1. The minimum absolute atomic E-state index is 0.0999. The molecule has 1 aromatic carbocycles. The summed E-state index contributed by atoms with van der Waals surface area (Å²) in [6.45, 7) is 7.33. The summed E-state index contributed by atoms with van der Waals surface area (Å²) in [7, 11) is 0. The number of carboxylic acids is 1. The standard InChI is InChI=1S/C21H27F3N2O5/c1-19(2,3)31-18(29)26-8-6-25(7-9-26)13-14-10-15(21(22,23)24)12-16(11-14)30-20(4-5-20)17(27)28/h10-12H,4-9,13H2,1-3H3,(H,27,28). The van der Waals surface area contributed by atoms with E-state index in [1.54, 1.807) is 25.7 Å². The molecular weight excluding hydrogens is 417 g/mol. The highest BCUT2D eigenvalue weighted by molar-refractivity contribution is 5.81. The number of amides is 1. The van der Waals surface area contributed by atoms with Crippen molar-refractivity contribution >= 4 is 12.1 Å². The molecule has 0 spiro atoms. The van der Waals surface area contributed by atoms with Gasteiger partial charge in [0.25, 0.3) is 0 Å². The van der Waals surface area contributed by atoms with E-state index in [0.29, 0.717) is 31.7 Å². The van der Waals surface area contributed by atoms with Crippen LogP contribution in [0.3, 0.4) is 0 Å². The molecular formula is C21H27F3N2O5. The second kappa shape index (κ2) is 8.22. The fourth-order valence-electron chi connectivity index (χ4n) is 3.35. The SMILES string of the molecule is CC(C)(C)OC(=O)N1CCN(Cc2cc(OC3(C(=O)O)CC3)cc(C(F)(F)F)c2)CC1. The molecule has 1 aliphatic heterocycles. The Balaban J connectivity index is 1.68. The lowest BCUT2D eigenvalue weighted by molar-refractivity contribution is -0.147. The maximum Gasteiger partial charge on any atom is 0.416 e. The van der Waals surface area contributed by atoms with Crippen LogP contribution in [0.25, 0.3) is 0 Å². The molecule has 10 heteroatoms. The molecule has 1 aliphatic carbocycles. The second-order valence-corrected chi connectivity index (χ2v) is 9.01. The van der Waals surface area contributed by atoms with Crippen molar-refractivity contribution in [1.82, 2.24) is 9.80 Å². The molecule has 1 aromatic rings. The van der Waals surface area contributed by atoms with Crippen molar-refractivity contribution in [1.29, 1.82) is 0 Å². The van der Waals surface area contributed by atoms with Crippen LogP contribution < -0.4 is 4.74 Å². The molecule has 0 radical (unpaired) electrons. The number of piperazine rings is 1. The lowest BCUT2D eigenvalue weighted by atomic mass is 10.1. The number of hydrogen-bond donors (Lipinski definition) is 1. The Morgan fingerprint density at radius 3 is 2.16 bits per heavy atom. The first-order valence-corrected chi connectivity index (χ1v) is 10.1. The summed E-state index contributed by atoms with van der Waals surface area (Å²) in [4.78, 5) is 27.0. The van der Waals surface area contributed by atoms with Gasteiger partial charge in [-0.05, 0) is 44.5 Å². The van der Waals surface area contributed by atoms with Gasteiger partial charge in [0.1, 0.15) is 11.4 Å². The average Bonchev–Trinajstić information content (AvgIpc) is 3.41. The Morgan fingerprint density at radius 1 is 1.06 bits per heavy atom. The van der Waals surface area contributed by atoms with Crippen LogP contribution in [-0.2, 0) is 22.3 Å². The first-order valence-electron chi connectivity index (χ1n) is 10.1. The van der Waals surface area contributed by atoms with Crippen molar-refractivity contribution in [2.75, 3.05) is 26.2 Å². The van der Waals surface area contributed by atoms with Crippen molar-refractivity contribution in [3.05, 3.63) is 29.3 Å². The lowest BCUT2D eigenvalue weighted by Crippen LogP contribution is -2.49. The van der Waals surface area contributed by atoms with Gasteiger partial charge in [-0.3, -0.25) is 4.90 Å². The van der Waals surface area contributed by atoms with Crippen molar-refractivity contribution in [3.63, 3.8) is 0 Å². The average molecular weight is 444 g/mol. The molecule has 1 saturated heterocycles. The summed E-state index contributed by atoms with van der Waals surface area (Å²) < 4.78 is 50.9. The van der Waals surface area contributed by atoms with Crippen LogP contribution in [0.4, 0.5) is 18.0 Å². The highest BCUT2D eigenvalue weighted by Crippen LogP contribution is 2.42. The molecule has 1 saturated carbocycles. The first-order chi connectivity index (χ1) is 14.3. The zero-order valence-corrected chi connectivity index (χ0v) is 17.8. The summed E-state index contributed by atoms with van der Waals surface area (Å²) >= 11 is 0.